The highest BCUT2D eigenvalue weighted by Gasteiger charge is 2.41. The number of hydrogen-bond donors (Lipinski definition) is 2. The van der Waals surface area contributed by atoms with Gasteiger partial charge in [-0.05, 0) is 56.2 Å². The maximum absolute atomic E-state index is 12.7. The first-order valence-electron chi connectivity index (χ1n) is 8.91. The first kappa shape index (κ1) is 18.6. The van der Waals surface area contributed by atoms with E-state index in [4.69, 9.17) is 4.74 Å². The Hall–Kier alpha value is -2.18. The normalized spacial score (nSPS) is 20.9. The third-order valence-electron chi connectivity index (χ3n) is 5.07. The van der Waals surface area contributed by atoms with Crippen molar-refractivity contribution in [3.63, 3.8) is 0 Å². The molecule has 1 heterocycles. The van der Waals surface area contributed by atoms with Crippen LogP contribution in [0.15, 0.2) is 24.4 Å². The number of fused-ring (bicyclic) bond motifs is 1. The topological polar surface area (TPSA) is 54.1 Å². The zero-order valence-electron chi connectivity index (χ0n) is 14.7. The summed E-state index contributed by atoms with van der Waals surface area (Å²) in [6.07, 6.45) is 0.101. The van der Waals surface area contributed by atoms with Gasteiger partial charge in [0.1, 0.15) is 5.75 Å². The third kappa shape index (κ3) is 4.51. The van der Waals surface area contributed by atoms with Crippen LogP contribution in [0.5, 0.6) is 5.75 Å². The third-order valence-corrected chi connectivity index (χ3v) is 5.07. The van der Waals surface area contributed by atoms with Gasteiger partial charge in [-0.25, -0.2) is 0 Å². The number of anilines is 1. The molecule has 3 rings (SSSR count). The number of benzene rings is 1. The van der Waals surface area contributed by atoms with E-state index in [1.807, 2.05) is 18.2 Å². The molecule has 0 aliphatic heterocycles. The highest BCUT2D eigenvalue weighted by molar-refractivity contribution is 6.01. The average Bonchev–Trinajstić information content (AvgIpc) is 2.96. The molecule has 0 spiro atoms. The summed E-state index contributed by atoms with van der Waals surface area (Å²) in [5.41, 5.74) is 1.59. The number of aromatic amines is 1. The second-order valence-corrected chi connectivity index (χ2v) is 6.99. The number of rotatable bonds is 5. The van der Waals surface area contributed by atoms with Crippen LogP contribution in [-0.2, 0) is 4.79 Å². The molecule has 0 bridgehead atoms. The van der Waals surface area contributed by atoms with Crippen LogP contribution in [0, 0.1) is 11.8 Å². The van der Waals surface area contributed by atoms with E-state index in [9.17, 15) is 18.0 Å². The predicted molar refractivity (Wildman–Crippen MR) is 94.2 cm³/mol. The van der Waals surface area contributed by atoms with Crippen molar-refractivity contribution in [3.05, 3.63) is 24.4 Å². The van der Waals surface area contributed by atoms with E-state index in [1.54, 1.807) is 6.20 Å². The van der Waals surface area contributed by atoms with E-state index in [0.29, 0.717) is 36.8 Å². The lowest BCUT2D eigenvalue weighted by atomic mass is 9.80. The van der Waals surface area contributed by atoms with Gasteiger partial charge in [-0.3, -0.25) is 4.79 Å². The lowest BCUT2D eigenvalue weighted by Gasteiger charge is -2.29. The molecule has 0 unspecified atom stereocenters. The highest BCUT2D eigenvalue weighted by atomic mass is 19.4. The minimum absolute atomic E-state index is 0.147. The van der Waals surface area contributed by atoms with E-state index in [0.717, 1.165) is 17.3 Å². The molecule has 0 saturated heterocycles. The molecular weight excluding hydrogens is 345 g/mol. The monoisotopic (exact) mass is 368 g/mol. The summed E-state index contributed by atoms with van der Waals surface area (Å²) in [4.78, 5) is 14.3. The number of amides is 1. The van der Waals surface area contributed by atoms with Gasteiger partial charge in [-0.2, -0.15) is 13.2 Å². The molecule has 26 heavy (non-hydrogen) atoms. The van der Waals surface area contributed by atoms with E-state index in [2.05, 4.69) is 10.3 Å². The number of H-pyrrole nitrogens is 1. The lowest BCUT2D eigenvalue weighted by molar-refractivity contribution is -0.184. The molecule has 0 atom stereocenters. The standard InChI is InChI=1S/C19H23F3N2O2/c1-12(25)24-18-11-23-17-7-6-15(10-16(17)18)26-9-8-13-2-4-14(5-3-13)19(20,21)22/h6-7,10-11,13-14,23H,2-5,8-9H2,1H3,(H,24,25)/t13-,14-. The summed E-state index contributed by atoms with van der Waals surface area (Å²) in [5.74, 6) is -0.304. The maximum Gasteiger partial charge on any atom is 0.391 e. The molecule has 1 aromatic heterocycles. The summed E-state index contributed by atoms with van der Waals surface area (Å²) in [6, 6.07) is 5.58. The van der Waals surface area contributed by atoms with E-state index in [1.165, 1.54) is 6.92 Å². The van der Waals surface area contributed by atoms with Crippen LogP contribution in [0.3, 0.4) is 0 Å². The number of alkyl halides is 3. The van der Waals surface area contributed by atoms with Gasteiger partial charge in [0.05, 0.1) is 18.2 Å². The number of aromatic nitrogens is 1. The van der Waals surface area contributed by atoms with Crippen LogP contribution in [0.4, 0.5) is 18.9 Å². The van der Waals surface area contributed by atoms with Crippen molar-refractivity contribution in [2.75, 3.05) is 11.9 Å². The zero-order chi connectivity index (χ0) is 18.7. The van der Waals surface area contributed by atoms with Crippen molar-refractivity contribution in [2.24, 2.45) is 11.8 Å². The van der Waals surface area contributed by atoms with Gasteiger partial charge >= 0.3 is 6.18 Å². The fourth-order valence-corrected chi connectivity index (χ4v) is 3.60. The number of carbonyl (C=O) groups excluding carboxylic acids is 1. The number of carbonyl (C=O) groups is 1. The van der Waals surface area contributed by atoms with Crippen LogP contribution in [0.2, 0.25) is 0 Å². The van der Waals surface area contributed by atoms with Crippen LogP contribution in [0.25, 0.3) is 10.9 Å². The molecule has 1 fully saturated rings. The van der Waals surface area contributed by atoms with Crippen molar-refractivity contribution in [1.82, 2.24) is 4.98 Å². The Morgan fingerprint density at radius 1 is 1.27 bits per heavy atom. The summed E-state index contributed by atoms with van der Waals surface area (Å²) in [7, 11) is 0. The molecule has 7 heteroatoms. The summed E-state index contributed by atoms with van der Waals surface area (Å²) in [5, 5.41) is 3.63. The largest absolute Gasteiger partial charge is 0.494 e. The maximum atomic E-state index is 12.7. The first-order valence-corrected chi connectivity index (χ1v) is 8.91. The minimum Gasteiger partial charge on any atom is -0.494 e. The van der Waals surface area contributed by atoms with Crippen molar-refractivity contribution >= 4 is 22.5 Å². The van der Waals surface area contributed by atoms with Gasteiger partial charge in [0, 0.05) is 24.0 Å². The summed E-state index contributed by atoms with van der Waals surface area (Å²) in [6.45, 7) is 1.93. The van der Waals surface area contributed by atoms with Crippen LogP contribution in [0.1, 0.15) is 39.0 Å². The van der Waals surface area contributed by atoms with Crippen molar-refractivity contribution < 1.29 is 22.7 Å². The van der Waals surface area contributed by atoms with Crippen LogP contribution >= 0.6 is 0 Å². The van der Waals surface area contributed by atoms with E-state index < -0.39 is 12.1 Å². The number of hydrogen-bond acceptors (Lipinski definition) is 2. The molecule has 0 radical (unpaired) electrons. The lowest BCUT2D eigenvalue weighted by Crippen LogP contribution is -2.28. The quantitative estimate of drug-likeness (QED) is 0.756. The average molecular weight is 368 g/mol. The Morgan fingerprint density at radius 3 is 2.65 bits per heavy atom. The molecule has 2 aromatic rings. The molecule has 4 nitrogen and oxygen atoms in total. The Balaban J connectivity index is 1.51. The van der Waals surface area contributed by atoms with Gasteiger partial charge in [0.25, 0.3) is 0 Å². The molecule has 1 aromatic carbocycles. The van der Waals surface area contributed by atoms with Crippen molar-refractivity contribution in [2.45, 2.75) is 45.2 Å². The highest BCUT2D eigenvalue weighted by Crippen LogP contribution is 2.40. The Kier molecular flexibility index (Phi) is 5.44. The molecule has 1 amide bonds. The molecule has 1 aliphatic carbocycles. The van der Waals surface area contributed by atoms with E-state index >= 15 is 0 Å². The smallest absolute Gasteiger partial charge is 0.391 e. The molecule has 1 aliphatic rings. The van der Waals surface area contributed by atoms with Gasteiger partial charge in [-0.1, -0.05) is 0 Å². The Morgan fingerprint density at radius 2 is 2.00 bits per heavy atom. The number of ether oxygens (including phenoxy) is 1. The minimum atomic E-state index is -4.06. The zero-order valence-corrected chi connectivity index (χ0v) is 14.7. The second-order valence-electron chi connectivity index (χ2n) is 6.99. The van der Waals surface area contributed by atoms with Crippen LogP contribution < -0.4 is 10.1 Å². The summed E-state index contributed by atoms with van der Waals surface area (Å²) < 4.78 is 43.9. The second kappa shape index (κ2) is 7.60. The Labute approximate surface area is 150 Å². The Bertz CT molecular complexity index is 762. The fraction of sp³-hybridized carbons (Fsp3) is 0.526. The number of nitrogens with one attached hydrogen (secondary N) is 2. The molecule has 142 valence electrons. The first-order chi connectivity index (χ1) is 12.3. The molecule has 2 N–H and O–H groups in total. The van der Waals surface area contributed by atoms with Gasteiger partial charge in [-0.15, -0.1) is 0 Å². The SMILES string of the molecule is CC(=O)Nc1c[nH]c2ccc(OCC[C@H]3CC[C@H](C(F)(F)F)CC3)cc12. The molecular formula is C19H23F3N2O2. The van der Waals surface area contributed by atoms with Crippen molar-refractivity contribution in [3.8, 4) is 5.75 Å². The van der Waals surface area contributed by atoms with Crippen molar-refractivity contribution in [1.29, 1.82) is 0 Å². The van der Waals surface area contributed by atoms with Crippen LogP contribution in [-0.4, -0.2) is 23.7 Å². The predicted octanol–water partition coefficient (Wildman–Crippen LogP) is 5.26. The van der Waals surface area contributed by atoms with Gasteiger partial charge in [0.15, 0.2) is 0 Å². The van der Waals surface area contributed by atoms with Gasteiger partial charge < -0.3 is 15.0 Å². The van der Waals surface area contributed by atoms with Gasteiger partial charge in [0.2, 0.25) is 5.91 Å². The summed E-state index contributed by atoms with van der Waals surface area (Å²) >= 11 is 0. The molecule has 1 saturated carbocycles. The van der Waals surface area contributed by atoms with E-state index in [-0.39, 0.29) is 18.7 Å². The number of halogens is 3. The fourth-order valence-electron chi connectivity index (χ4n) is 3.60.